The van der Waals surface area contributed by atoms with Gasteiger partial charge < -0.3 is 14.4 Å². The summed E-state index contributed by atoms with van der Waals surface area (Å²) in [5.74, 6) is -0.832. The summed E-state index contributed by atoms with van der Waals surface area (Å²) in [6, 6.07) is 0. The molecule has 9 heteroatoms. The molecule has 1 N–H and O–H groups in total. The maximum Gasteiger partial charge on any atom is 0.472 e. The van der Waals surface area contributed by atoms with Crippen LogP contribution in [0.25, 0.3) is 0 Å². The first-order valence-corrected chi connectivity index (χ1v) is 21.9. The van der Waals surface area contributed by atoms with Crippen molar-refractivity contribution in [2.24, 2.45) is 0 Å². The third-order valence-corrected chi connectivity index (χ3v) is 9.42. The minimum Gasteiger partial charge on any atom is -0.462 e. The number of esters is 2. The van der Waals surface area contributed by atoms with Crippen molar-refractivity contribution in [2.75, 3.05) is 19.8 Å². The highest BCUT2D eigenvalue weighted by Crippen LogP contribution is 2.43. The van der Waals surface area contributed by atoms with Gasteiger partial charge in [-0.25, -0.2) is 4.57 Å². The van der Waals surface area contributed by atoms with Crippen molar-refractivity contribution in [1.82, 2.24) is 0 Å². The molecule has 51 heavy (non-hydrogen) atoms. The Labute approximate surface area is 312 Å². The van der Waals surface area contributed by atoms with Crippen molar-refractivity contribution in [3.05, 3.63) is 48.6 Å². The fourth-order valence-corrected chi connectivity index (χ4v) is 6.09. The van der Waals surface area contributed by atoms with Gasteiger partial charge in [0.2, 0.25) is 0 Å². The summed E-state index contributed by atoms with van der Waals surface area (Å²) >= 11 is 0. The average molecular weight is 739 g/mol. The van der Waals surface area contributed by atoms with Crippen LogP contribution >= 0.6 is 7.82 Å². The second-order valence-corrected chi connectivity index (χ2v) is 14.7. The first-order valence-electron chi connectivity index (χ1n) is 20.4. The van der Waals surface area contributed by atoms with Crippen molar-refractivity contribution in [1.29, 1.82) is 0 Å². The minimum atomic E-state index is -4.29. The highest BCUT2D eigenvalue weighted by molar-refractivity contribution is 7.47. The van der Waals surface area contributed by atoms with Crippen LogP contribution in [-0.2, 0) is 32.7 Å². The number of hydrogen-bond donors (Lipinski definition) is 1. The standard InChI is InChI=1S/C42H75O8P/c1-4-7-9-11-13-15-17-19-21-23-25-27-29-31-33-35-37-42(44)50-40(39-49-51(45,46)48-6-3)38-47-41(43)36-34-32-30-28-26-24-22-20-18-16-14-12-10-8-5-2/h14-17,20-23,40H,4-13,18-19,24-39H2,1-3H3,(H,45,46)/b16-14-,17-15-,22-20-,23-21-. The molecule has 2 atom stereocenters. The molecule has 296 valence electrons. The van der Waals surface area contributed by atoms with Gasteiger partial charge in [0.05, 0.1) is 13.2 Å². The number of hydrogen-bond acceptors (Lipinski definition) is 7. The molecule has 0 saturated heterocycles. The summed E-state index contributed by atoms with van der Waals surface area (Å²) in [4.78, 5) is 34.7. The predicted molar refractivity (Wildman–Crippen MR) is 212 cm³/mol. The molecule has 0 fully saturated rings. The molecule has 0 aromatic rings. The monoisotopic (exact) mass is 739 g/mol. The van der Waals surface area contributed by atoms with E-state index in [1.807, 2.05) is 0 Å². The molecule has 0 saturated carbocycles. The lowest BCUT2D eigenvalue weighted by Gasteiger charge is -2.19. The van der Waals surface area contributed by atoms with E-state index in [-0.39, 0.29) is 32.0 Å². The maximum absolute atomic E-state index is 12.5. The Morgan fingerprint density at radius 1 is 0.529 bits per heavy atom. The molecule has 0 aliphatic rings. The Balaban J connectivity index is 4.18. The number of ether oxygens (including phenoxy) is 2. The van der Waals surface area contributed by atoms with Gasteiger partial charge in [-0.1, -0.05) is 133 Å². The summed E-state index contributed by atoms with van der Waals surface area (Å²) in [5.41, 5.74) is 0. The summed E-state index contributed by atoms with van der Waals surface area (Å²) in [6.07, 6.45) is 43.0. The van der Waals surface area contributed by atoms with Crippen LogP contribution in [-0.4, -0.2) is 42.8 Å². The van der Waals surface area contributed by atoms with E-state index in [4.69, 9.17) is 18.5 Å². The van der Waals surface area contributed by atoms with Crippen LogP contribution in [0, 0.1) is 0 Å². The molecule has 0 heterocycles. The predicted octanol–water partition coefficient (Wildman–Crippen LogP) is 12.6. The Morgan fingerprint density at radius 3 is 1.43 bits per heavy atom. The largest absolute Gasteiger partial charge is 0.472 e. The fourth-order valence-electron chi connectivity index (χ4n) is 5.34. The van der Waals surface area contributed by atoms with Crippen molar-refractivity contribution in [3.8, 4) is 0 Å². The maximum atomic E-state index is 12.5. The van der Waals surface area contributed by atoms with Crippen LogP contribution in [0.5, 0.6) is 0 Å². The Bertz CT molecular complexity index is 974. The quantitative estimate of drug-likeness (QED) is 0.0290. The number of unbranched alkanes of at least 4 members (excludes halogenated alkanes) is 17. The Morgan fingerprint density at radius 2 is 0.941 bits per heavy atom. The number of carbonyl (C=O) groups is 2. The lowest BCUT2D eigenvalue weighted by Crippen LogP contribution is -2.29. The van der Waals surface area contributed by atoms with Gasteiger partial charge in [0, 0.05) is 12.8 Å². The molecule has 0 bridgehead atoms. The van der Waals surface area contributed by atoms with Gasteiger partial charge >= 0.3 is 19.8 Å². The summed E-state index contributed by atoms with van der Waals surface area (Å²) < 4.78 is 32.6. The van der Waals surface area contributed by atoms with Gasteiger partial charge in [-0.05, 0) is 84.0 Å². The molecule has 0 aliphatic carbocycles. The number of phosphoric acid groups is 1. The molecule has 8 nitrogen and oxygen atoms in total. The third kappa shape index (κ3) is 37.6. The van der Waals surface area contributed by atoms with E-state index in [9.17, 15) is 19.0 Å². The van der Waals surface area contributed by atoms with Crippen LogP contribution in [0.15, 0.2) is 48.6 Å². The topological polar surface area (TPSA) is 108 Å². The smallest absolute Gasteiger partial charge is 0.462 e. The fraction of sp³-hybridized carbons (Fsp3) is 0.762. The van der Waals surface area contributed by atoms with Crippen molar-refractivity contribution in [3.63, 3.8) is 0 Å². The van der Waals surface area contributed by atoms with Crippen LogP contribution in [0.2, 0.25) is 0 Å². The van der Waals surface area contributed by atoms with Gasteiger partial charge in [0.25, 0.3) is 0 Å². The van der Waals surface area contributed by atoms with E-state index in [1.165, 1.54) is 57.8 Å². The van der Waals surface area contributed by atoms with Crippen LogP contribution in [0.3, 0.4) is 0 Å². The molecule has 0 aromatic carbocycles. The SMILES string of the molecule is CCCCC/C=C\C/C=C\CCCCCCCC(=O)OCC(COP(=O)(O)OCC)OC(=O)CCCCCCC/C=C\C/C=C\CCCCCC. The zero-order valence-electron chi connectivity index (χ0n) is 32.7. The van der Waals surface area contributed by atoms with E-state index in [1.54, 1.807) is 6.92 Å². The van der Waals surface area contributed by atoms with Crippen molar-refractivity contribution < 1.29 is 37.6 Å². The molecule has 0 aliphatic heterocycles. The normalized spacial score (nSPS) is 13.9. The molecular formula is C42H75O8P. The van der Waals surface area contributed by atoms with Gasteiger partial charge in [-0.15, -0.1) is 0 Å². The molecular weight excluding hydrogens is 663 g/mol. The molecule has 0 aromatic heterocycles. The van der Waals surface area contributed by atoms with Crippen molar-refractivity contribution in [2.45, 2.75) is 187 Å². The van der Waals surface area contributed by atoms with Crippen LogP contribution in [0.4, 0.5) is 0 Å². The van der Waals surface area contributed by atoms with Crippen molar-refractivity contribution >= 4 is 19.8 Å². The number of allylic oxidation sites excluding steroid dienone is 8. The highest BCUT2D eigenvalue weighted by atomic mass is 31.2. The zero-order chi connectivity index (χ0) is 37.5. The van der Waals surface area contributed by atoms with E-state index in [2.05, 4.69) is 62.5 Å². The molecule has 0 amide bonds. The Hall–Kier alpha value is -1.99. The van der Waals surface area contributed by atoms with Gasteiger partial charge in [-0.2, -0.15) is 0 Å². The number of carbonyl (C=O) groups excluding carboxylic acids is 2. The van der Waals surface area contributed by atoms with Gasteiger partial charge in [0.15, 0.2) is 6.10 Å². The molecule has 2 unspecified atom stereocenters. The van der Waals surface area contributed by atoms with E-state index in [0.717, 1.165) is 83.5 Å². The third-order valence-electron chi connectivity index (χ3n) is 8.36. The lowest BCUT2D eigenvalue weighted by molar-refractivity contribution is -0.161. The first kappa shape index (κ1) is 49.0. The van der Waals surface area contributed by atoms with Gasteiger partial charge in [-0.3, -0.25) is 18.6 Å². The summed E-state index contributed by atoms with van der Waals surface area (Å²) in [6.45, 7) is 5.39. The molecule has 0 rings (SSSR count). The second kappa shape index (κ2) is 37.8. The number of rotatable bonds is 37. The van der Waals surface area contributed by atoms with Crippen LogP contribution in [0.1, 0.15) is 181 Å². The van der Waals surface area contributed by atoms with E-state index in [0.29, 0.717) is 6.42 Å². The average Bonchev–Trinajstić information content (AvgIpc) is 3.10. The molecule has 0 radical (unpaired) electrons. The zero-order valence-corrected chi connectivity index (χ0v) is 33.6. The van der Waals surface area contributed by atoms with E-state index >= 15 is 0 Å². The van der Waals surface area contributed by atoms with Gasteiger partial charge in [0.1, 0.15) is 6.61 Å². The van der Waals surface area contributed by atoms with Crippen LogP contribution < -0.4 is 0 Å². The summed E-state index contributed by atoms with van der Waals surface area (Å²) in [5, 5.41) is 0. The second-order valence-electron chi connectivity index (χ2n) is 13.3. The molecule has 0 spiro atoms. The van der Waals surface area contributed by atoms with E-state index < -0.39 is 26.5 Å². The Kier molecular flexibility index (Phi) is 36.3. The lowest BCUT2D eigenvalue weighted by atomic mass is 10.1. The highest BCUT2D eigenvalue weighted by Gasteiger charge is 2.25. The minimum absolute atomic E-state index is 0.00629. The summed E-state index contributed by atoms with van der Waals surface area (Å²) in [7, 11) is -4.29. The first-order chi connectivity index (χ1) is 24.8. The number of phosphoric ester groups is 1.